The van der Waals surface area contributed by atoms with E-state index in [1.54, 1.807) is 18.1 Å². The van der Waals surface area contributed by atoms with Gasteiger partial charge in [-0.25, -0.2) is 9.67 Å². The van der Waals surface area contributed by atoms with Crippen LogP contribution in [0.15, 0.2) is 35.5 Å². The zero-order chi connectivity index (χ0) is 13.7. The van der Waals surface area contributed by atoms with Gasteiger partial charge in [0.25, 0.3) is 0 Å². The molecule has 0 amide bonds. The maximum atomic E-state index is 10.6. The predicted octanol–water partition coefficient (Wildman–Crippen LogP) is 3.04. The lowest BCUT2D eigenvalue weighted by Crippen LogP contribution is -2.09. The molecule has 2 rings (SSSR count). The van der Waals surface area contributed by atoms with Crippen LogP contribution in [0.5, 0.6) is 0 Å². The Hall–Kier alpha value is -1.62. The minimum Gasteiger partial charge on any atom is -0.298 e. The van der Waals surface area contributed by atoms with Gasteiger partial charge in [-0.2, -0.15) is 5.10 Å². The summed E-state index contributed by atoms with van der Waals surface area (Å²) in [6.45, 7) is 5.22. The fourth-order valence-electron chi connectivity index (χ4n) is 1.69. The first-order valence-corrected chi connectivity index (χ1v) is 7.22. The minimum absolute atomic E-state index is 0.553. The normalized spacial score (nSPS) is 10.9. The Morgan fingerprint density at radius 2 is 2.05 bits per heavy atom. The average Bonchev–Trinajstić information content (AvgIpc) is 2.83. The van der Waals surface area contributed by atoms with Gasteiger partial charge in [0.1, 0.15) is 18.4 Å². The summed E-state index contributed by atoms with van der Waals surface area (Å²) in [7, 11) is 0. The van der Waals surface area contributed by atoms with Gasteiger partial charge in [0.2, 0.25) is 0 Å². The molecule has 0 aliphatic rings. The van der Waals surface area contributed by atoms with Gasteiger partial charge in [-0.05, 0) is 18.1 Å². The van der Waals surface area contributed by atoms with E-state index in [1.165, 1.54) is 0 Å². The number of benzene rings is 1. The first-order chi connectivity index (χ1) is 9.19. The Kier molecular flexibility index (Phi) is 4.74. The Bertz CT molecular complexity index is 534. The van der Waals surface area contributed by atoms with E-state index >= 15 is 0 Å². The highest BCUT2D eigenvalue weighted by Crippen LogP contribution is 2.22. The Balaban J connectivity index is 1.97. The highest BCUT2D eigenvalue weighted by Gasteiger charge is 2.06. The van der Waals surface area contributed by atoms with Crippen LogP contribution in [0.3, 0.4) is 0 Å². The third-order valence-electron chi connectivity index (χ3n) is 2.62. The SMILES string of the molecule is CC(C)Cn1ncnc1CSc1ccc(C=O)cc1. The standard InChI is InChI=1S/C14H17N3OS/c1-11(2)7-17-14(15-10-16-17)9-19-13-5-3-12(8-18)4-6-13/h3-6,8,10-11H,7,9H2,1-2H3. The average molecular weight is 275 g/mol. The van der Waals surface area contributed by atoms with Crippen molar-refractivity contribution in [3.05, 3.63) is 42.0 Å². The summed E-state index contributed by atoms with van der Waals surface area (Å²) < 4.78 is 1.96. The third kappa shape index (κ3) is 3.92. The molecule has 0 radical (unpaired) electrons. The lowest BCUT2D eigenvalue weighted by atomic mass is 10.2. The highest BCUT2D eigenvalue weighted by molar-refractivity contribution is 7.98. The Morgan fingerprint density at radius 3 is 2.68 bits per heavy atom. The van der Waals surface area contributed by atoms with Crippen LogP contribution in [-0.4, -0.2) is 21.1 Å². The number of aromatic nitrogens is 3. The van der Waals surface area contributed by atoms with Crippen LogP contribution in [-0.2, 0) is 12.3 Å². The fraction of sp³-hybridized carbons (Fsp3) is 0.357. The van der Waals surface area contributed by atoms with Crippen LogP contribution in [0.2, 0.25) is 0 Å². The number of rotatable bonds is 6. The molecule has 0 atom stereocenters. The van der Waals surface area contributed by atoms with Crippen LogP contribution in [0.25, 0.3) is 0 Å². The third-order valence-corrected chi connectivity index (χ3v) is 3.63. The number of nitrogens with zero attached hydrogens (tertiary/aromatic N) is 3. The number of hydrogen-bond acceptors (Lipinski definition) is 4. The molecule has 4 nitrogen and oxygen atoms in total. The molecular weight excluding hydrogens is 258 g/mol. The van der Waals surface area contributed by atoms with Crippen LogP contribution >= 0.6 is 11.8 Å². The minimum atomic E-state index is 0.553. The second-order valence-electron chi connectivity index (χ2n) is 4.73. The van der Waals surface area contributed by atoms with Crippen molar-refractivity contribution in [1.29, 1.82) is 0 Å². The molecule has 19 heavy (non-hydrogen) atoms. The van der Waals surface area contributed by atoms with Crippen molar-refractivity contribution in [2.75, 3.05) is 0 Å². The Morgan fingerprint density at radius 1 is 1.32 bits per heavy atom. The summed E-state index contributed by atoms with van der Waals surface area (Å²) in [6, 6.07) is 7.57. The van der Waals surface area contributed by atoms with E-state index in [1.807, 2.05) is 28.9 Å². The van der Waals surface area contributed by atoms with Crippen LogP contribution in [0.1, 0.15) is 30.0 Å². The van der Waals surface area contributed by atoms with Gasteiger partial charge in [-0.3, -0.25) is 4.79 Å². The molecule has 0 fully saturated rings. The van der Waals surface area contributed by atoms with Crippen molar-refractivity contribution < 1.29 is 4.79 Å². The fourth-order valence-corrected chi connectivity index (χ4v) is 2.54. The lowest BCUT2D eigenvalue weighted by Gasteiger charge is -2.08. The number of carbonyl (C=O) groups is 1. The summed E-state index contributed by atoms with van der Waals surface area (Å²) >= 11 is 1.70. The monoisotopic (exact) mass is 275 g/mol. The summed E-state index contributed by atoms with van der Waals surface area (Å²) in [4.78, 5) is 16.0. The van der Waals surface area contributed by atoms with Gasteiger partial charge in [0.05, 0.1) is 5.75 Å². The van der Waals surface area contributed by atoms with Gasteiger partial charge in [0.15, 0.2) is 0 Å². The summed E-state index contributed by atoms with van der Waals surface area (Å²) in [5.41, 5.74) is 0.701. The van der Waals surface area contributed by atoms with Crippen LogP contribution in [0.4, 0.5) is 0 Å². The summed E-state index contributed by atoms with van der Waals surface area (Å²) in [6.07, 6.45) is 2.46. The molecule has 1 aromatic carbocycles. The predicted molar refractivity (Wildman–Crippen MR) is 76.3 cm³/mol. The molecule has 0 bridgehead atoms. The maximum absolute atomic E-state index is 10.6. The van der Waals surface area contributed by atoms with Gasteiger partial charge in [-0.1, -0.05) is 26.0 Å². The van der Waals surface area contributed by atoms with Gasteiger partial charge in [-0.15, -0.1) is 11.8 Å². The van der Waals surface area contributed by atoms with E-state index in [2.05, 4.69) is 23.9 Å². The molecule has 100 valence electrons. The number of aldehydes is 1. The highest BCUT2D eigenvalue weighted by atomic mass is 32.2. The van der Waals surface area contributed by atoms with Gasteiger partial charge >= 0.3 is 0 Å². The van der Waals surface area contributed by atoms with E-state index in [9.17, 15) is 4.79 Å². The van der Waals surface area contributed by atoms with E-state index in [0.717, 1.165) is 29.3 Å². The molecule has 0 aliphatic heterocycles. The topological polar surface area (TPSA) is 47.8 Å². The molecule has 0 aliphatic carbocycles. The molecule has 0 N–H and O–H groups in total. The van der Waals surface area contributed by atoms with Crippen LogP contribution < -0.4 is 0 Å². The zero-order valence-electron chi connectivity index (χ0n) is 11.1. The van der Waals surface area contributed by atoms with E-state index in [4.69, 9.17) is 0 Å². The lowest BCUT2D eigenvalue weighted by molar-refractivity contribution is 0.112. The summed E-state index contributed by atoms with van der Waals surface area (Å²) in [5, 5.41) is 4.24. The summed E-state index contributed by atoms with van der Waals surface area (Å²) in [5.74, 6) is 2.32. The molecule has 1 aromatic heterocycles. The molecular formula is C14H17N3OS. The Labute approximate surface area is 117 Å². The molecule has 2 aromatic rings. The second kappa shape index (κ2) is 6.52. The van der Waals surface area contributed by atoms with Crippen LogP contribution in [0, 0.1) is 5.92 Å². The molecule has 0 unspecified atom stereocenters. The van der Waals surface area contributed by atoms with Crippen molar-refractivity contribution in [3.8, 4) is 0 Å². The van der Waals surface area contributed by atoms with Crippen molar-refractivity contribution in [3.63, 3.8) is 0 Å². The second-order valence-corrected chi connectivity index (χ2v) is 5.78. The first-order valence-electron chi connectivity index (χ1n) is 6.23. The van der Waals surface area contributed by atoms with Crippen molar-refractivity contribution in [2.24, 2.45) is 5.92 Å². The number of hydrogen-bond donors (Lipinski definition) is 0. The van der Waals surface area contributed by atoms with E-state index in [-0.39, 0.29) is 0 Å². The van der Waals surface area contributed by atoms with Gasteiger partial charge in [0, 0.05) is 17.0 Å². The van der Waals surface area contributed by atoms with Crippen molar-refractivity contribution in [2.45, 2.75) is 31.0 Å². The maximum Gasteiger partial charge on any atom is 0.150 e. The van der Waals surface area contributed by atoms with Gasteiger partial charge < -0.3 is 0 Å². The molecule has 0 saturated heterocycles. The van der Waals surface area contributed by atoms with E-state index in [0.29, 0.717) is 11.5 Å². The molecule has 0 spiro atoms. The smallest absolute Gasteiger partial charge is 0.150 e. The number of carbonyl (C=O) groups excluding carboxylic acids is 1. The quantitative estimate of drug-likeness (QED) is 0.600. The van der Waals surface area contributed by atoms with Crippen molar-refractivity contribution in [1.82, 2.24) is 14.8 Å². The first kappa shape index (κ1) is 13.8. The number of thioether (sulfide) groups is 1. The molecule has 5 heteroatoms. The van der Waals surface area contributed by atoms with Crippen molar-refractivity contribution >= 4 is 18.0 Å². The largest absolute Gasteiger partial charge is 0.298 e. The van der Waals surface area contributed by atoms with E-state index < -0.39 is 0 Å². The molecule has 0 saturated carbocycles. The zero-order valence-corrected chi connectivity index (χ0v) is 11.9. The molecule has 1 heterocycles.